The van der Waals surface area contributed by atoms with Crippen LogP contribution in [0, 0.1) is 6.92 Å². The van der Waals surface area contributed by atoms with Crippen LogP contribution in [0.25, 0.3) is 0 Å². The highest BCUT2D eigenvalue weighted by Crippen LogP contribution is 2.26. The molecular formula is C10H7Cl2N3O2. The summed E-state index contributed by atoms with van der Waals surface area (Å²) in [6, 6.07) is 1.60. The van der Waals surface area contributed by atoms with E-state index in [1.807, 2.05) is 0 Å². The average Bonchev–Trinajstić information content (AvgIpc) is 2.70. The maximum Gasteiger partial charge on any atom is 0.259 e. The Kier molecular flexibility index (Phi) is 3.31. The summed E-state index contributed by atoms with van der Waals surface area (Å²) >= 11 is 11.6. The monoisotopic (exact) mass is 271 g/mol. The molecule has 0 aliphatic carbocycles. The van der Waals surface area contributed by atoms with Crippen molar-refractivity contribution in [3.63, 3.8) is 0 Å². The second kappa shape index (κ2) is 4.73. The van der Waals surface area contributed by atoms with E-state index in [1.165, 1.54) is 12.6 Å². The second-order valence-corrected chi connectivity index (χ2v) is 3.95. The highest BCUT2D eigenvalue weighted by Gasteiger charge is 2.14. The third-order valence-corrected chi connectivity index (χ3v) is 2.56. The molecule has 0 unspecified atom stereocenters. The second-order valence-electron chi connectivity index (χ2n) is 3.23. The van der Waals surface area contributed by atoms with Crippen LogP contribution in [0.3, 0.4) is 0 Å². The lowest BCUT2D eigenvalue weighted by Gasteiger charge is -2.05. The lowest BCUT2D eigenvalue weighted by Crippen LogP contribution is -2.12. The molecule has 0 saturated carbocycles. The summed E-state index contributed by atoms with van der Waals surface area (Å²) < 4.78 is 5.03. The first-order valence-corrected chi connectivity index (χ1v) is 5.36. The number of nitrogens with zero attached hydrogens (tertiary/aromatic N) is 2. The molecule has 5 nitrogen and oxygen atoms in total. The molecule has 0 aromatic carbocycles. The van der Waals surface area contributed by atoms with Gasteiger partial charge in [0.25, 0.3) is 5.91 Å². The van der Waals surface area contributed by atoms with Gasteiger partial charge in [-0.1, -0.05) is 23.2 Å². The molecule has 0 spiro atoms. The van der Waals surface area contributed by atoms with Gasteiger partial charge in [0, 0.05) is 0 Å². The minimum absolute atomic E-state index is 0.0820. The van der Waals surface area contributed by atoms with Gasteiger partial charge in [0.1, 0.15) is 24.0 Å². The Morgan fingerprint density at radius 1 is 1.35 bits per heavy atom. The number of hydrogen-bond donors (Lipinski definition) is 1. The number of carbonyl (C=O) groups excluding carboxylic acids is 1. The van der Waals surface area contributed by atoms with Crippen molar-refractivity contribution in [1.82, 2.24) is 9.97 Å². The van der Waals surface area contributed by atoms with E-state index in [1.54, 1.807) is 13.0 Å². The molecule has 0 aliphatic rings. The van der Waals surface area contributed by atoms with Gasteiger partial charge in [-0.05, 0) is 13.0 Å². The molecule has 2 aromatic rings. The maximum atomic E-state index is 11.8. The number of aryl methyl sites for hydroxylation is 1. The summed E-state index contributed by atoms with van der Waals surface area (Å²) in [6.07, 6.45) is 2.55. The van der Waals surface area contributed by atoms with E-state index in [0.717, 1.165) is 0 Å². The summed E-state index contributed by atoms with van der Waals surface area (Å²) in [7, 11) is 0. The molecule has 0 bridgehead atoms. The maximum absolute atomic E-state index is 11.8. The Morgan fingerprint density at radius 3 is 2.53 bits per heavy atom. The Balaban J connectivity index is 2.24. The summed E-state index contributed by atoms with van der Waals surface area (Å²) in [6.45, 7) is 1.74. The quantitative estimate of drug-likeness (QED) is 0.853. The largest absolute Gasteiger partial charge is 0.469 e. The van der Waals surface area contributed by atoms with Crippen molar-refractivity contribution in [2.24, 2.45) is 0 Å². The zero-order chi connectivity index (χ0) is 12.4. The van der Waals surface area contributed by atoms with Crippen molar-refractivity contribution >= 4 is 34.8 Å². The van der Waals surface area contributed by atoms with Crippen LogP contribution in [0.5, 0.6) is 0 Å². The SMILES string of the molecule is Cc1cc(C(=O)Nc2c(Cl)ncnc2Cl)co1. The van der Waals surface area contributed by atoms with Crippen LogP contribution in [-0.2, 0) is 0 Å². The third kappa shape index (κ3) is 2.57. The van der Waals surface area contributed by atoms with Crippen molar-refractivity contribution in [2.75, 3.05) is 5.32 Å². The Morgan fingerprint density at radius 2 is 2.00 bits per heavy atom. The number of hydrogen-bond acceptors (Lipinski definition) is 4. The van der Waals surface area contributed by atoms with Crippen molar-refractivity contribution in [3.05, 3.63) is 40.3 Å². The number of aromatic nitrogens is 2. The molecular weight excluding hydrogens is 265 g/mol. The van der Waals surface area contributed by atoms with E-state index in [2.05, 4.69) is 15.3 Å². The Bertz CT molecular complexity index is 548. The van der Waals surface area contributed by atoms with Crippen LogP contribution in [0.4, 0.5) is 5.69 Å². The van der Waals surface area contributed by atoms with E-state index < -0.39 is 0 Å². The molecule has 1 amide bonds. The smallest absolute Gasteiger partial charge is 0.259 e. The van der Waals surface area contributed by atoms with Gasteiger partial charge in [-0.2, -0.15) is 0 Å². The Labute approximate surface area is 107 Å². The normalized spacial score (nSPS) is 10.3. The summed E-state index contributed by atoms with van der Waals surface area (Å²) in [5.74, 6) is 0.247. The van der Waals surface area contributed by atoms with Gasteiger partial charge in [-0.3, -0.25) is 4.79 Å². The molecule has 0 saturated heterocycles. The fraction of sp³-hybridized carbons (Fsp3) is 0.100. The number of nitrogens with one attached hydrogen (secondary N) is 1. The summed E-state index contributed by atoms with van der Waals surface area (Å²) in [4.78, 5) is 19.2. The van der Waals surface area contributed by atoms with Gasteiger partial charge >= 0.3 is 0 Å². The van der Waals surface area contributed by atoms with Gasteiger partial charge in [-0.25, -0.2) is 9.97 Å². The molecule has 7 heteroatoms. The van der Waals surface area contributed by atoms with Crippen molar-refractivity contribution in [1.29, 1.82) is 0 Å². The number of halogens is 2. The zero-order valence-corrected chi connectivity index (χ0v) is 10.2. The topological polar surface area (TPSA) is 68.0 Å². The highest BCUT2D eigenvalue weighted by molar-refractivity contribution is 6.38. The lowest BCUT2D eigenvalue weighted by atomic mass is 10.3. The van der Waals surface area contributed by atoms with Gasteiger partial charge in [0.2, 0.25) is 0 Å². The van der Waals surface area contributed by atoms with E-state index in [4.69, 9.17) is 27.6 Å². The van der Waals surface area contributed by atoms with Crippen molar-refractivity contribution < 1.29 is 9.21 Å². The van der Waals surface area contributed by atoms with Gasteiger partial charge in [0.05, 0.1) is 5.56 Å². The first-order chi connectivity index (χ1) is 8.08. The van der Waals surface area contributed by atoms with Gasteiger partial charge in [-0.15, -0.1) is 0 Å². The molecule has 88 valence electrons. The van der Waals surface area contributed by atoms with E-state index in [9.17, 15) is 4.79 Å². The molecule has 2 rings (SSSR count). The number of amides is 1. The van der Waals surface area contributed by atoms with Crippen LogP contribution in [-0.4, -0.2) is 15.9 Å². The number of carbonyl (C=O) groups is 1. The summed E-state index contributed by atoms with van der Waals surface area (Å²) in [5.41, 5.74) is 0.554. The molecule has 2 aromatic heterocycles. The van der Waals surface area contributed by atoms with E-state index >= 15 is 0 Å². The van der Waals surface area contributed by atoms with Crippen LogP contribution in [0.1, 0.15) is 16.1 Å². The van der Waals surface area contributed by atoms with Crippen molar-refractivity contribution in [3.8, 4) is 0 Å². The number of furan rings is 1. The first-order valence-electron chi connectivity index (χ1n) is 4.60. The predicted molar refractivity (Wildman–Crippen MR) is 63.5 cm³/mol. The standard InChI is InChI=1S/C10H7Cl2N3O2/c1-5-2-6(3-17-5)10(16)15-7-8(11)13-4-14-9(7)12/h2-4H,1H3,(H,15,16). The van der Waals surface area contributed by atoms with Crippen LogP contribution in [0.2, 0.25) is 10.3 Å². The van der Waals surface area contributed by atoms with E-state index in [0.29, 0.717) is 11.3 Å². The number of anilines is 1. The zero-order valence-electron chi connectivity index (χ0n) is 8.70. The third-order valence-electron chi connectivity index (χ3n) is 1.99. The van der Waals surface area contributed by atoms with Gasteiger partial charge < -0.3 is 9.73 Å². The molecule has 0 radical (unpaired) electrons. The minimum atomic E-state index is -0.388. The van der Waals surface area contributed by atoms with Crippen LogP contribution >= 0.6 is 23.2 Å². The number of rotatable bonds is 2. The highest BCUT2D eigenvalue weighted by atomic mass is 35.5. The average molecular weight is 272 g/mol. The minimum Gasteiger partial charge on any atom is -0.469 e. The predicted octanol–water partition coefficient (Wildman–Crippen LogP) is 2.94. The van der Waals surface area contributed by atoms with Crippen molar-refractivity contribution in [2.45, 2.75) is 6.92 Å². The first kappa shape index (κ1) is 11.9. The fourth-order valence-electron chi connectivity index (χ4n) is 1.20. The lowest BCUT2D eigenvalue weighted by molar-refractivity contribution is 0.102. The molecule has 1 N–H and O–H groups in total. The van der Waals surface area contributed by atoms with Crippen LogP contribution < -0.4 is 5.32 Å². The fourth-order valence-corrected chi connectivity index (χ4v) is 1.60. The molecule has 0 atom stereocenters. The van der Waals surface area contributed by atoms with Crippen LogP contribution in [0.15, 0.2) is 23.1 Å². The van der Waals surface area contributed by atoms with E-state index in [-0.39, 0.29) is 21.9 Å². The molecule has 0 fully saturated rings. The molecule has 0 aliphatic heterocycles. The summed E-state index contributed by atoms with van der Waals surface area (Å²) in [5, 5.41) is 2.68. The Hall–Kier alpha value is -1.59. The van der Waals surface area contributed by atoms with Gasteiger partial charge in [0.15, 0.2) is 10.3 Å². The molecule has 2 heterocycles. The molecule has 17 heavy (non-hydrogen) atoms.